The number of hydrogen-bond acceptors (Lipinski definition) is 7. The molecule has 7 nitrogen and oxygen atoms in total. The van der Waals surface area contributed by atoms with Gasteiger partial charge in [-0.05, 0) is 56.3 Å². The topological polar surface area (TPSA) is 76.2 Å². The highest BCUT2D eigenvalue weighted by Gasteiger charge is 2.37. The number of morpholine rings is 1. The van der Waals surface area contributed by atoms with Gasteiger partial charge in [-0.1, -0.05) is 12.1 Å². The van der Waals surface area contributed by atoms with E-state index in [1.165, 1.54) is 0 Å². The Morgan fingerprint density at radius 2 is 1.82 bits per heavy atom. The summed E-state index contributed by atoms with van der Waals surface area (Å²) < 4.78 is 10.6. The second kappa shape index (κ2) is 8.36. The molecule has 28 heavy (non-hydrogen) atoms. The zero-order valence-electron chi connectivity index (χ0n) is 16.3. The van der Waals surface area contributed by atoms with Gasteiger partial charge in [0.05, 0.1) is 18.1 Å². The number of benzene rings is 1. The third kappa shape index (κ3) is 5.14. The minimum atomic E-state index is -0.670. The largest absolute Gasteiger partial charge is 0.459 e. The Morgan fingerprint density at radius 1 is 1.18 bits per heavy atom. The standard InChI is InChI=1S/C20H24N2O5S/c1-20(2,3)27-17(23)13-22-18(24)16(28-19(22)25)12-14-4-6-15(7-5-14)21-8-10-26-11-9-21/h4-7,12H,8-11,13H2,1-3H3. The quantitative estimate of drug-likeness (QED) is 0.564. The summed E-state index contributed by atoms with van der Waals surface area (Å²) in [5.41, 5.74) is 1.25. The number of carbonyl (C=O) groups excluding carboxylic acids is 3. The molecule has 0 N–H and O–H groups in total. The third-order valence-electron chi connectivity index (χ3n) is 4.15. The molecule has 1 aromatic carbocycles. The summed E-state index contributed by atoms with van der Waals surface area (Å²) in [5.74, 6) is -1.08. The monoisotopic (exact) mass is 404 g/mol. The second-order valence-corrected chi connectivity index (χ2v) is 8.54. The number of rotatable bonds is 4. The number of carbonyl (C=O) groups is 3. The van der Waals surface area contributed by atoms with E-state index in [0.717, 1.165) is 41.0 Å². The van der Waals surface area contributed by atoms with E-state index < -0.39 is 22.7 Å². The van der Waals surface area contributed by atoms with Crippen LogP contribution in [-0.2, 0) is 19.1 Å². The van der Waals surface area contributed by atoms with Gasteiger partial charge in [0, 0.05) is 18.8 Å². The Hall–Kier alpha value is -2.32. The Labute approximate surface area is 168 Å². The van der Waals surface area contributed by atoms with Crippen molar-refractivity contribution in [2.75, 3.05) is 37.7 Å². The molecule has 150 valence electrons. The predicted molar refractivity (Wildman–Crippen MR) is 108 cm³/mol. The van der Waals surface area contributed by atoms with Crippen LogP contribution < -0.4 is 4.90 Å². The molecule has 0 aromatic heterocycles. The summed E-state index contributed by atoms with van der Waals surface area (Å²) in [4.78, 5) is 40.1. The van der Waals surface area contributed by atoms with Gasteiger partial charge in [0.25, 0.3) is 11.1 Å². The number of thioether (sulfide) groups is 1. The number of amides is 2. The average Bonchev–Trinajstić information content (AvgIpc) is 2.89. The summed E-state index contributed by atoms with van der Waals surface area (Å²) in [6.07, 6.45) is 1.67. The van der Waals surface area contributed by atoms with E-state index in [-0.39, 0.29) is 6.54 Å². The molecule has 2 fully saturated rings. The second-order valence-electron chi connectivity index (χ2n) is 7.55. The molecule has 0 spiro atoms. The van der Waals surface area contributed by atoms with Gasteiger partial charge in [-0.2, -0.15) is 0 Å². The summed E-state index contributed by atoms with van der Waals surface area (Å²) in [6, 6.07) is 7.80. The highest BCUT2D eigenvalue weighted by atomic mass is 32.2. The van der Waals surface area contributed by atoms with Gasteiger partial charge >= 0.3 is 5.97 Å². The van der Waals surface area contributed by atoms with Gasteiger partial charge in [-0.3, -0.25) is 19.3 Å². The van der Waals surface area contributed by atoms with Crippen molar-refractivity contribution in [3.63, 3.8) is 0 Å². The van der Waals surface area contributed by atoms with Gasteiger partial charge in [0.2, 0.25) is 0 Å². The maximum absolute atomic E-state index is 12.5. The van der Waals surface area contributed by atoms with Crippen molar-refractivity contribution in [1.82, 2.24) is 4.90 Å². The van der Waals surface area contributed by atoms with E-state index in [9.17, 15) is 14.4 Å². The summed E-state index contributed by atoms with van der Waals surface area (Å²) in [7, 11) is 0. The van der Waals surface area contributed by atoms with Crippen LogP contribution in [0.25, 0.3) is 6.08 Å². The lowest BCUT2D eigenvalue weighted by Gasteiger charge is -2.28. The number of hydrogen-bond donors (Lipinski definition) is 0. The van der Waals surface area contributed by atoms with Crippen molar-refractivity contribution in [2.24, 2.45) is 0 Å². The Kier molecular flexibility index (Phi) is 6.10. The van der Waals surface area contributed by atoms with Gasteiger partial charge < -0.3 is 14.4 Å². The molecule has 2 aliphatic heterocycles. The average molecular weight is 404 g/mol. The molecule has 0 saturated carbocycles. The van der Waals surface area contributed by atoms with Gasteiger partial charge in [0.1, 0.15) is 12.1 Å². The van der Waals surface area contributed by atoms with Gasteiger partial charge in [-0.15, -0.1) is 0 Å². The van der Waals surface area contributed by atoms with Crippen molar-refractivity contribution < 1.29 is 23.9 Å². The molecular formula is C20H24N2O5S. The Bertz CT molecular complexity index is 792. The van der Waals surface area contributed by atoms with E-state index in [2.05, 4.69) is 4.90 Å². The third-order valence-corrected chi connectivity index (χ3v) is 5.06. The van der Waals surface area contributed by atoms with Crippen LogP contribution in [0.5, 0.6) is 0 Å². The van der Waals surface area contributed by atoms with Crippen LogP contribution in [0.15, 0.2) is 29.2 Å². The van der Waals surface area contributed by atoms with Crippen molar-refractivity contribution in [1.29, 1.82) is 0 Å². The Balaban J connectivity index is 1.66. The van der Waals surface area contributed by atoms with E-state index >= 15 is 0 Å². The zero-order chi connectivity index (χ0) is 20.3. The van der Waals surface area contributed by atoms with E-state index in [0.29, 0.717) is 18.1 Å². The summed E-state index contributed by atoms with van der Waals surface area (Å²) >= 11 is 0.833. The van der Waals surface area contributed by atoms with Crippen LogP contribution in [0.1, 0.15) is 26.3 Å². The van der Waals surface area contributed by atoms with E-state index in [1.807, 2.05) is 24.3 Å². The van der Waals surface area contributed by atoms with Crippen LogP contribution >= 0.6 is 11.8 Å². The number of ether oxygens (including phenoxy) is 2. The lowest BCUT2D eigenvalue weighted by Crippen LogP contribution is -2.37. The zero-order valence-corrected chi connectivity index (χ0v) is 17.1. The van der Waals surface area contributed by atoms with Crippen LogP contribution in [0.2, 0.25) is 0 Å². The smallest absolute Gasteiger partial charge is 0.326 e. The first kappa shape index (κ1) is 20.4. The fraction of sp³-hybridized carbons (Fsp3) is 0.450. The highest BCUT2D eigenvalue weighted by Crippen LogP contribution is 2.32. The molecule has 3 rings (SSSR count). The minimum absolute atomic E-state index is 0.299. The fourth-order valence-electron chi connectivity index (χ4n) is 2.89. The van der Waals surface area contributed by atoms with Crippen LogP contribution in [0.3, 0.4) is 0 Å². The van der Waals surface area contributed by atoms with Gasteiger partial charge in [0.15, 0.2) is 0 Å². The first-order chi connectivity index (χ1) is 13.2. The van der Waals surface area contributed by atoms with Crippen LogP contribution in [-0.4, -0.2) is 60.5 Å². The first-order valence-electron chi connectivity index (χ1n) is 9.13. The summed E-state index contributed by atoms with van der Waals surface area (Å²) in [6.45, 7) is 7.96. The highest BCUT2D eigenvalue weighted by molar-refractivity contribution is 8.18. The minimum Gasteiger partial charge on any atom is -0.459 e. The molecule has 2 saturated heterocycles. The van der Waals surface area contributed by atoms with Gasteiger partial charge in [-0.25, -0.2) is 0 Å². The normalized spacial score (nSPS) is 19.5. The maximum Gasteiger partial charge on any atom is 0.326 e. The molecular weight excluding hydrogens is 380 g/mol. The SMILES string of the molecule is CC(C)(C)OC(=O)CN1C(=O)SC(=Cc2ccc(N3CCOCC3)cc2)C1=O. The van der Waals surface area contributed by atoms with Crippen molar-refractivity contribution in [2.45, 2.75) is 26.4 Å². The molecule has 0 bridgehead atoms. The summed E-state index contributed by atoms with van der Waals surface area (Å²) in [5, 5.41) is -0.466. The number of imide groups is 1. The molecule has 0 atom stereocenters. The van der Waals surface area contributed by atoms with Crippen LogP contribution in [0.4, 0.5) is 10.5 Å². The molecule has 0 aliphatic carbocycles. The van der Waals surface area contributed by atoms with Crippen LogP contribution in [0, 0.1) is 0 Å². The number of esters is 1. The van der Waals surface area contributed by atoms with E-state index in [4.69, 9.17) is 9.47 Å². The Morgan fingerprint density at radius 3 is 2.43 bits per heavy atom. The molecule has 2 amide bonds. The van der Waals surface area contributed by atoms with Crippen molar-refractivity contribution in [3.05, 3.63) is 34.7 Å². The number of anilines is 1. The first-order valence-corrected chi connectivity index (χ1v) is 9.94. The molecule has 0 unspecified atom stereocenters. The molecule has 0 radical (unpaired) electrons. The molecule has 1 aromatic rings. The van der Waals surface area contributed by atoms with Crippen molar-refractivity contribution in [3.8, 4) is 0 Å². The molecule has 2 aliphatic rings. The van der Waals surface area contributed by atoms with E-state index in [1.54, 1.807) is 26.8 Å². The lowest BCUT2D eigenvalue weighted by atomic mass is 10.1. The maximum atomic E-state index is 12.5. The molecule has 2 heterocycles. The predicted octanol–water partition coefficient (Wildman–Crippen LogP) is 2.90. The number of nitrogens with zero attached hydrogens (tertiary/aromatic N) is 2. The fourth-order valence-corrected chi connectivity index (χ4v) is 3.73. The van der Waals surface area contributed by atoms with Crippen molar-refractivity contribution >= 4 is 40.6 Å². The molecule has 8 heteroatoms. The lowest BCUT2D eigenvalue weighted by molar-refractivity contribution is -0.156.